The van der Waals surface area contributed by atoms with E-state index in [4.69, 9.17) is 0 Å². The van der Waals surface area contributed by atoms with Crippen LogP contribution in [0.2, 0.25) is 0 Å². The van der Waals surface area contributed by atoms with Gasteiger partial charge in [0.1, 0.15) is 12.2 Å². The summed E-state index contributed by atoms with van der Waals surface area (Å²) in [6.07, 6.45) is 3.86. The van der Waals surface area contributed by atoms with Crippen LogP contribution >= 0.6 is 0 Å². The van der Waals surface area contributed by atoms with Crippen LogP contribution in [0.5, 0.6) is 0 Å². The number of hydrogen-bond acceptors (Lipinski definition) is 3. The van der Waals surface area contributed by atoms with E-state index in [9.17, 15) is 0 Å². The molecule has 0 atom stereocenters. The first-order chi connectivity index (χ1) is 7.19. The molecule has 1 rings (SSSR count). The predicted octanol–water partition coefficient (Wildman–Crippen LogP) is 2.14. The molecule has 86 valence electrons. The third kappa shape index (κ3) is 3.30. The number of nitrogens with one attached hydrogen (secondary N) is 1. The Hall–Kier alpha value is -0.900. The van der Waals surface area contributed by atoms with Crippen molar-refractivity contribution in [3.8, 4) is 0 Å². The second-order valence-corrected chi connectivity index (χ2v) is 4.13. The highest BCUT2D eigenvalue weighted by Gasteiger charge is 2.12. The molecule has 0 aliphatic rings. The van der Waals surface area contributed by atoms with Crippen LogP contribution in [0.4, 0.5) is 0 Å². The Labute approximate surface area is 92.1 Å². The van der Waals surface area contributed by atoms with E-state index in [2.05, 4.69) is 47.8 Å². The van der Waals surface area contributed by atoms with E-state index >= 15 is 0 Å². The smallest absolute Gasteiger partial charge is 0.141 e. The molecule has 0 fully saturated rings. The van der Waals surface area contributed by atoms with Gasteiger partial charge in [-0.15, -0.1) is 0 Å². The fourth-order valence-electron chi connectivity index (χ4n) is 1.64. The van der Waals surface area contributed by atoms with Crippen molar-refractivity contribution in [2.75, 3.05) is 0 Å². The molecular weight excluding hydrogens is 188 g/mol. The Kier molecular flexibility index (Phi) is 4.75. The van der Waals surface area contributed by atoms with Gasteiger partial charge in [-0.2, -0.15) is 5.10 Å². The average molecular weight is 210 g/mol. The van der Waals surface area contributed by atoms with Gasteiger partial charge >= 0.3 is 0 Å². The van der Waals surface area contributed by atoms with Crippen molar-refractivity contribution in [2.45, 2.75) is 59.2 Å². The summed E-state index contributed by atoms with van der Waals surface area (Å²) in [5.41, 5.74) is 0. The highest BCUT2D eigenvalue weighted by molar-refractivity contribution is 4.87. The van der Waals surface area contributed by atoms with Gasteiger partial charge in [0.05, 0.1) is 12.6 Å². The Morgan fingerprint density at radius 2 is 2.00 bits per heavy atom. The van der Waals surface area contributed by atoms with Gasteiger partial charge in [0.2, 0.25) is 0 Å². The summed E-state index contributed by atoms with van der Waals surface area (Å²) >= 11 is 0. The molecule has 1 heterocycles. The van der Waals surface area contributed by atoms with Crippen LogP contribution in [0, 0.1) is 0 Å². The molecule has 0 aliphatic carbocycles. The lowest BCUT2D eigenvalue weighted by molar-refractivity contribution is 0.402. The Morgan fingerprint density at radius 1 is 1.33 bits per heavy atom. The first kappa shape index (κ1) is 12.2. The van der Waals surface area contributed by atoms with Crippen molar-refractivity contribution >= 4 is 0 Å². The summed E-state index contributed by atoms with van der Waals surface area (Å²) < 4.78 is 2.05. The number of hydrogen-bond donors (Lipinski definition) is 1. The van der Waals surface area contributed by atoms with Gasteiger partial charge in [-0.25, -0.2) is 9.67 Å². The molecule has 0 aliphatic heterocycles. The predicted molar refractivity (Wildman–Crippen MR) is 61.6 cm³/mol. The second kappa shape index (κ2) is 5.85. The van der Waals surface area contributed by atoms with Gasteiger partial charge in [0.25, 0.3) is 0 Å². The second-order valence-electron chi connectivity index (χ2n) is 4.13. The molecule has 0 radical (unpaired) electrons. The van der Waals surface area contributed by atoms with Gasteiger partial charge in [-0.3, -0.25) is 0 Å². The lowest BCUT2D eigenvalue weighted by Crippen LogP contribution is -2.25. The molecule has 0 saturated heterocycles. The zero-order valence-corrected chi connectivity index (χ0v) is 10.2. The topological polar surface area (TPSA) is 42.7 Å². The fourth-order valence-corrected chi connectivity index (χ4v) is 1.64. The molecule has 0 aromatic carbocycles. The van der Waals surface area contributed by atoms with Crippen LogP contribution in [-0.4, -0.2) is 20.8 Å². The SMILES string of the molecule is CCC(CC)n1ncnc1CNC(C)C. The number of aromatic nitrogens is 3. The van der Waals surface area contributed by atoms with Crippen molar-refractivity contribution in [1.82, 2.24) is 20.1 Å². The molecule has 1 N–H and O–H groups in total. The molecular formula is C11H22N4. The maximum Gasteiger partial charge on any atom is 0.141 e. The van der Waals surface area contributed by atoms with Crippen molar-refractivity contribution in [3.63, 3.8) is 0 Å². The maximum absolute atomic E-state index is 4.30. The summed E-state index contributed by atoms with van der Waals surface area (Å²) in [6, 6.07) is 0.966. The van der Waals surface area contributed by atoms with E-state index in [0.717, 1.165) is 25.2 Å². The summed E-state index contributed by atoms with van der Waals surface area (Å²) in [4.78, 5) is 4.29. The van der Waals surface area contributed by atoms with Crippen molar-refractivity contribution < 1.29 is 0 Å². The van der Waals surface area contributed by atoms with E-state index in [-0.39, 0.29) is 0 Å². The van der Waals surface area contributed by atoms with Gasteiger partial charge in [-0.1, -0.05) is 27.7 Å². The van der Waals surface area contributed by atoms with Crippen molar-refractivity contribution in [3.05, 3.63) is 12.2 Å². The molecule has 0 saturated carbocycles. The quantitative estimate of drug-likeness (QED) is 0.782. The summed E-state index contributed by atoms with van der Waals surface area (Å²) in [6.45, 7) is 9.45. The van der Waals surface area contributed by atoms with Crippen molar-refractivity contribution in [2.24, 2.45) is 0 Å². The molecule has 0 amide bonds. The first-order valence-electron chi connectivity index (χ1n) is 5.80. The van der Waals surface area contributed by atoms with Gasteiger partial charge < -0.3 is 5.32 Å². The van der Waals surface area contributed by atoms with Crippen LogP contribution in [0.1, 0.15) is 52.4 Å². The molecule has 4 heteroatoms. The van der Waals surface area contributed by atoms with Crippen LogP contribution in [0.3, 0.4) is 0 Å². The standard InChI is InChI=1S/C11H22N4/c1-5-10(6-2)15-11(13-8-14-15)7-12-9(3)4/h8-10,12H,5-7H2,1-4H3. The monoisotopic (exact) mass is 210 g/mol. The third-order valence-corrected chi connectivity index (χ3v) is 2.60. The molecule has 15 heavy (non-hydrogen) atoms. The molecule has 1 aromatic heterocycles. The fraction of sp³-hybridized carbons (Fsp3) is 0.818. The Balaban J connectivity index is 2.67. The summed E-state index contributed by atoms with van der Waals surface area (Å²) in [5, 5.41) is 7.67. The Bertz CT molecular complexity index is 276. The normalized spacial score (nSPS) is 11.6. The van der Waals surface area contributed by atoms with Gasteiger partial charge in [0, 0.05) is 6.04 Å². The highest BCUT2D eigenvalue weighted by Crippen LogP contribution is 2.15. The highest BCUT2D eigenvalue weighted by atomic mass is 15.4. The average Bonchev–Trinajstić information content (AvgIpc) is 2.65. The third-order valence-electron chi connectivity index (χ3n) is 2.60. The van der Waals surface area contributed by atoms with Crippen LogP contribution < -0.4 is 5.32 Å². The van der Waals surface area contributed by atoms with Crippen LogP contribution in [0.25, 0.3) is 0 Å². The minimum atomic E-state index is 0.483. The largest absolute Gasteiger partial charge is 0.308 e. The zero-order valence-electron chi connectivity index (χ0n) is 10.2. The minimum absolute atomic E-state index is 0.483. The Morgan fingerprint density at radius 3 is 2.53 bits per heavy atom. The van der Waals surface area contributed by atoms with E-state index < -0.39 is 0 Å². The number of rotatable bonds is 6. The first-order valence-corrected chi connectivity index (χ1v) is 5.80. The molecule has 0 bridgehead atoms. The van der Waals surface area contributed by atoms with Crippen molar-refractivity contribution in [1.29, 1.82) is 0 Å². The van der Waals surface area contributed by atoms with E-state index in [1.54, 1.807) is 6.33 Å². The summed E-state index contributed by atoms with van der Waals surface area (Å²) in [7, 11) is 0. The van der Waals surface area contributed by atoms with E-state index in [0.29, 0.717) is 12.1 Å². The lowest BCUT2D eigenvalue weighted by atomic mass is 10.2. The zero-order chi connectivity index (χ0) is 11.3. The number of nitrogens with zero attached hydrogens (tertiary/aromatic N) is 3. The van der Waals surface area contributed by atoms with Gasteiger partial charge in [0.15, 0.2) is 0 Å². The van der Waals surface area contributed by atoms with E-state index in [1.165, 1.54) is 0 Å². The molecule has 1 aromatic rings. The lowest BCUT2D eigenvalue weighted by Gasteiger charge is -2.16. The van der Waals surface area contributed by atoms with Crippen LogP contribution in [-0.2, 0) is 6.54 Å². The molecule has 0 unspecified atom stereocenters. The van der Waals surface area contributed by atoms with E-state index in [1.807, 2.05) is 0 Å². The molecule has 4 nitrogen and oxygen atoms in total. The minimum Gasteiger partial charge on any atom is -0.308 e. The van der Waals surface area contributed by atoms with Crippen LogP contribution in [0.15, 0.2) is 6.33 Å². The summed E-state index contributed by atoms with van der Waals surface area (Å²) in [5.74, 6) is 1.04. The maximum atomic E-state index is 4.30. The molecule has 0 spiro atoms. The van der Waals surface area contributed by atoms with Gasteiger partial charge in [-0.05, 0) is 12.8 Å².